The number of thiazole rings is 1. The first kappa shape index (κ1) is 18.2. The van der Waals surface area contributed by atoms with Crippen molar-refractivity contribution in [3.8, 4) is 5.19 Å². The van der Waals surface area contributed by atoms with Crippen molar-refractivity contribution in [3.63, 3.8) is 0 Å². The molecule has 1 unspecified atom stereocenters. The van der Waals surface area contributed by atoms with E-state index in [1.54, 1.807) is 0 Å². The highest BCUT2D eigenvalue weighted by atomic mass is 32.1. The maximum absolute atomic E-state index is 12.7. The zero-order valence-electron chi connectivity index (χ0n) is 15.4. The van der Waals surface area contributed by atoms with E-state index in [1.165, 1.54) is 18.4 Å². The van der Waals surface area contributed by atoms with Gasteiger partial charge in [0.2, 0.25) is 5.91 Å². The van der Waals surface area contributed by atoms with Gasteiger partial charge in [0.25, 0.3) is 5.19 Å². The van der Waals surface area contributed by atoms with Gasteiger partial charge in [0, 0.05) is 13.0 Å². The lowest BCUT2D eigenvalue weighted by Gasteiger charge is -2.19. The quantitative estimate of drug-likeness (QED) is 0.733. The summed E-state index contributed by atoms with van der Waals surface area (Å²) >= 11 is 1.50. The van der Waals surface area contributed by atoms with Gasteiger partial charge in [-0.1, -0.05) is 36.8 Å². The minimum Gasteiger partial charge on any atom is -0.467 e. The monoisotopic (exact) mass is 389 g/mol. The number of para-hydroxylation sites is 1. The fourth-order valence-electron chi connectivity index (χ4n) is 3.80. The molecule has 1 saturated carbocycles. The molecule has 7 nitrogen and oxygen atoms in total. The SMILES string of the molecule is CC[C@@H]1CC1(NC(=O)[C@@H]1C[C@@H](Oc2nc3ccccc3s2)CN1)C(=O)OC. The minimum absolute atomic E-state index is 0.128. The lowest BCUT2D eigenvalue weighted by molar-refractivity contribution is -0.147. The van der Waals surface area contributed by atoms with E-state index < -0.39 is 5.54 Å². The number of fused-ring (bicyclic) bond motifs is 1. The standard InChI is InChI=1S/C19H23N3O4S/c1-3-11-9-19(11,17(24)25-2)22-16(23)14-8-12(10-20-14)26-18-21-13-6-4-5-7-15(13)27-18/h4-7,11-12,14,20H,3,8-10H2,1-2H3,(H,22,23)/t11-,12-,14+,19?/m1/s1. The predicted octanol–water partition coefficient (Wildman–Crippen LogP) is 1.86. The Labute approximate surface area is 161 Å². The molecule has 0 radical (unpaired) electrons. The predicted molar refractivity (Wildman–Crippen MR) is 102 cm³/mol. The van der Waals surface area contributed by atoms with Crippen LogP contribution < -0.4 is 15.4 Å². The molecule has 4 atom stereocenters. The summed E-state index contributed by atoms with van der Waals surface area (Å²) in [5.41, 5.74) is 0.0611. The van der Waals surface area contributed by atoms with E-state index in [-0.39, 0.29) is 29.9 Å². The highest BCUT2D eigenvalue weighted by Gasteiger charge is 2.61. The Hall–Kier alpha value is -2.19. The van der Waals surface area contributed by atoms with E-state index >= 15 is 0 Å². The molecule has 4 rings (SSSR count). The first-order chi connectivity index (χ1) is 13.1. The fourth-order valence-corrected chi connectivity index (χ4v) is 4.68. The number of amides is 1. The van der Waals surface area contributed by atoms with Gasteiger partial charge in [0.1, 0.15) is 11.6 Å². The molecule has 1 aromatic carbocycles. The van der Waals surface area contributed by atoms with Crippen LogP contribution in [0.15, 0.2) is 24.3 Å². The molecule has 1 aliphatic heterocycles. The Morgan fingerprint density at radius 3 is 2.93 bits per heavy atom. The second-order valence-electron chi connectivity index (χ2n) is 7.15. The van der Waals surface area contributed by atoms with E-state index in [9.17, 15) is 9.59 Å². The van der Waals surface area contributed by atoms with Gasteiger partial charge in [-0.3, -0.25) is 4.79 Å². The molecular formula is C19H23N3O4S. The first-order valence-electron chi connectivity index (χ1n) is 9.21. The van der Waals surface area contributed by atoms with Crippen LogP contribution in [0.1, 0.15) is 26.2 Å². The molecule has 1 amide bonds. The number of benzene rings is 1. The highest BCUT2D eigenvalue weighted by molar-refractivity contribution is 7.20. The van der Waals surface area contributed by atoms with Gasteiger partial charge < -0.3 is 20.1 Å². The smallest absolute Gasteiger partial charge is 0.331 e. The Balaban J connectivity index is 1.36. The number of aromatic nitrogens is 1. The van der Waals surface area contributed by atoms with Crippen molar-refractivity contribution in [3.05, 3.63) is 24.3 Å². The second kappa shape index (κ2) is 7.09. The highest BCUT2D eigenvalue weighted by Crippen LogP contribution is 2.46. The molecule has 27 heavy (non-hydrogen) atoms. The van der Waals surface area contributed by atoms with Crippen LogP contribution in [-0.4, -0.2) is 48.2 Å². The van der Waals surface area contributed by atoms with E-state index in [0.29, 0.717) is 24.6 Å². The van der Waals surface area contributed by atoms with Crippen LogP contribution in [0.3, 0.4) is 0 Å². The van der Waals surface area contributed by atoms with Crippen molar-refractivity contribution in [1.82, 2.24) is 15.6 Å². The summed E-state index contributed by atoms with van der Waals surface area (Å²) in [6.07, 6.45) is 1.88. The molecule has 2 aliphatic rings. The molecule has 144 valence electrons. The van der Waals surface area contributed by atoms with Crippen LogP contribution in [0.5, 0.6) is 5.19 Å². The molecule has 2 N–H and O–H groups in total. The van der Waals surface area contributed by atoms with E-state index in [0.717, 1.165) is 16.6 Å². The van der Waals surface area contributed by atoms with Crippen molar-refractivity contribution in [1.29, 1.82) is 0 Å². The van der Waals surface area contributed by atoms with Crippen LogP contribution in [0.4, 0.5) is 0 Å². The molecular weight excluding hydrogens is 366 g/mol. The number of rotatable bonds is 6. The number of ether oxygens (including phenoxy) is 2. The average Bonchev–Trinajstić information content (AvgIpc) is 3.01. The molecule has 0 bridgehead atoms. The van der Waals surface area contributed by atoms with Gasteiger partial charge in [0.05, 0.1) is 23.4 Å². The number of esters is 1. The van der Waals surface area contributed by atoms with Crippen LogP contribution in [0.25, 0.3) is 10.2 Å². The number of carbonyl (C=O) groups is 2. The molecule has 2 heterocycles. The van der Waals surface area contributed by atoms with Gasteiger partial charge in [-0.05, 0) is 24.5 Å². The van der Waals surface area contributed by atoms with Crippen molar-refractivity contribution in [2.24, 2.45) is 5.92 Å². The Morgan fingerprint density at radius 1 is 1.41 bits per heavy atom. The summed E-state index contributed by atoms with van der Waals surface area (Å²) in [7, 11) is 1.36. The Kier molecular flexibility index (Phi) is 4.77. The maximum atomic E-state index is 12.7. The topological polar surface area (TPSA) is 89.5 Å². The zero-order valence-corrected chi connectivity index (χ0v) is 16.2. The number of methoxy groups -OCH3 is 1. The third-order valence-corrected chi connectivity index (χ3v) is 6.37. The van der Waals surface area contributed by atoms with Crippen LogP contribution in [0, 0.1) is 5.92 Å². The number of nitrogens with zero attached hydrogens (tertiary/aromatic N) is 1. The Morgan fingerprint density at radius 2 is 2.22 bits per heavy atom. The molecule has 1 aromatic heterocycles. The molecule has 8 heteroatoms. The minimum atomic E-state index is -0.853. The number of nitrogens with one attached hydrogen (secondary N) is 2. The largest absolute Gasteiger partial charge is 0.467 e. The van der Waals surface area contributed by atoms with Crippen LogP contribution in [-0.2, 0) is 14.3 Å². The lowest BCUT2D eigenvalue weighted by atomic mass is 10.1. The van der Waals surface area contributed by atoms with Gasteiger partial charge in [-0.25, -0.2) is 9.78 Å². The third-order valence-electron chi connectivity index (χ3n) is 5.44. The summed E-state index contributed by atoms with van der Waals surface area (Å²) in [4.78, 5) is 29.3. The molecule has 2 aromatic rings. The van der Waals surface area contributed by atoms with Gasteiger partial charge in [0.15, 0.2) is 0 Å². The fraction of sp³-hybridized carbons (Fsp3) is 0.526. The Bertz CT molecular complexity index is 837. The van der Waals surface area contributed by atoms with Crippen molar-refractivity contribution in [2.45, 2.75) is 43.9 Å². The molecule has 0 spiro atoms. The van der Waals surface area contributed by atoms with Crippen LogP contribution in [0.2, 0.25) is 0 Å². The number of hydrogen-bond donors (Lipinski definition) is 2. The summed E-state index contributed by atoms with van der Waals surface area (Å²) in [5.74, 6) is -0.389. The normalized spacial score (nSPS) is 29.5. The average molecular weight is 389 g/mol. The summed E-state index contributed by atoms with van der Waals surface area (Å²) in [6, 6.07) is 7.50. The summed E-state index contributed by atoms with van der Waals surface area (Å²) < 4.78 is 11.9. The second-order valence-corrected chi connectivity index (χ2v) is 8.14. The van der Waals surface area contributed by atoms with Gasteiger partial charge in [-0.2, -0.15) is 0 Å². The molecule has 2 fully saturated rings. The first-order valence-corrected chi connectivity index (χ1v) is 10.0. The van der Waals surface area contributed by atoms with Gasteiger partial charge in [-0.15, -0.1) is 0 Å². The van der Waals surface area contributed by atoms with Crippen molar-refractivity contribution in [2.75, 3.05) is 13.7 Å². The number of carbonyl (C=O) groups excluding carboxylic acids is 2. The van der Waals surface area contributed by atoms with Crippen molar-refractivity contribution >= 4 is 33.4 Å². The molecule has 1 aliphatic carbocycles. The van der Waals surface area contributed by atoms with E-state index in [1.807, 2.05) is 31.2 Å². The third kappa shape index (κ3) is 3.39. The van der Waals surface area contributed by atoms with E-state index in [4.69, 9.17) is 9.47 Å². The van der Waals surface area contributed by atoms with Crippen LogP contribution >= 0.6 is 11.3 Å². The summed E-state index contributed by atoms with van der Waals surface area (Å²) in [6.45, 7) is 2.58. The number of hydrogen-bond acceptors (Lipinski definition) is 7. The van der Waals surface area contributed by atoms with Crippen molar-refractivity contribution < 1.29 is 19.1 Å². The zero-order chi connectivity index (χ0) is 19.0. The molecule has 1 saturated heterocycles. The lowest BCUT2D eigenvalue weighted by Crippen LogP contribution is -2.51. The maximum Gasteiger partial charge on any atom is 0.331 e. The van der Waals surface area contributed by atoms with Gasteiger partial charge >= 0.3 is 5.97 Å². The van der Waals surface area contributed by atoms with E-state index in [2.05, 4.69) is 15.6 Å². The summed E-state index contributed by atoms with van der Waals surface area (Å²) in [5, 5.41) is 6.72.